The van der Waals surface area contributed by atoms with Gasteiger partial charge in [0.15, 0.2) is 0 Å². The fourth-order valence-electron chi connectivity index (χ4n) is 1.58. The topological polar surface area (TPSA) is 20.2 Å². The minimum atomic E-state index is -0.316. The Balaban J connectivity index is 2.55. The first kappa shape index (κ1) is 9.97. The van der Waals surface area contributed by atoms with Crippen molar-refractivity contribution in [2.24, 2.45) is 0 Å². The lowest BCUT2D eigenvalue weighted by Crippen LogP contribution is -2.03. The van der Waals surface area contributed by atoms with Gasteiger partial charge in [-0.2, -0.15) is 0 Å². The number of aliphatic hydroxyl groups is 1. The molecule has 3 heteroatoms. The summed E-state index contributed by atoms with van der Waals surface area (Å²) < 4.78 is 1.19. The van der Waals surface area contributed by atoms with Gasteiger partial charge in [-0.15, -0.1) is 11.3 Å². The standard InChI is InChI=1S/C11H11ClOS/c1-7(13)5-8-6-14-10-4-2-3-9(12)11(8)10/h2-4,6-7,13H,5H2,1H3. The predicted octanol–water partition coefficient (Wildman–Crippen LogP) is 3.48. The average molecular weight is 227 g/mol. The molecule has 0 bridgehead atoms. The van der Waals surface area contributed by atoms with Crippen molar-refractivity contribution in [2.45, 2.75) is 19.4 Å². The number of rotatable bonds is 2. The summed E-state index contributed by atoms with van der Waals surface area (Å²) in [5.74, 6) is 0. The minimum absolute atomic E-state index is 0.316. The quantitative estimate of drug-likeness (QED) is 0.832. The molecule has 0 saturated heterocycles. The highest BCUT2D eigenvalue weighted by Gasteiger charge is 2.09. The summed E-state index contributed by atoms with van der Waals surface area (Å²) in [5, 5.41) is 13.3. The van der Waals surface area contributed by atoms with E-state index in [2.05, 4.69) is 11.4 Å². The Morgan fingerprint density at radius 2 is 2.29 bits per heavy atom. The predicted molar refractivity (Wildman–Crippen MR) is 62.2 cm³/mol. The third kappa shape index (κ3) is 1.78. The highest BCUT2D eigenvalue weighted by molar-refractivity contribution is 7.17. The zero-order chi connectivity index (χ0) is 10.1. The molecule has 1 N–H and O–H groups in total. The molecule has 0 aliphatic rings. The zero-order valence-corrected chi connectivity index (χ0v) is 9.40. The van der Waals surface area contributed by atoms with E-state index in [9.17, 15) is 5.11 Å². The third-order valence-corrected chi connectivity index (χ3v) is 3.45. The molecule has 1 heterocycles. The van der Waals surface area contributed by atoms with Crippen LogP contribution in [-0.4, -0.2) is 11.2 Å². The molecular weight excluding hydrogens is 216 g/mol. The lowest BCUT2D eigenvalue weighted by Gasteiger charge is -2.03. The second kappa shape index (κ2) is 3.89. The molecule has 1 nitrogen and oxygen atoms in total. The molecular formula is C11H11ClOS. The van der Waals surface area contributed by atoms with Gasteiger partial charge in [0.2, 0.25) is 0 Å². The van der Waals surface area contributed by atoms with Crippen LogP contribution in [0, 0.1) is 0 Å². The van der Waals surface area contributed by atoms with Crippen LogP contribution >= 0.6 is 22.9 Å². The number of hydrogen-bond acceptors (Lipinski definition) is 2. The molecule has 1 aromatic heterocycles. The second-order valence-electron chi connectivity index (χ2n) is 3.43. The van der Waals surface area contributed by atoms with Crippen LogP contribution in [0.3, 0.4) is 0 Å². The molecule has 0 spiro atoms. The van der Waals surface area contributed by atoms with Gasteiger partial charge in [-0.25, -0.2) is 0 Å². The molecule has 1 unspecified atom stereocenters. The second-order valence-corrected chi connectivity index (χ2v) is 4.75. The summed E-state index contributed by atoms with van der Waals surface area (Å²) in [6, 6.07) is 5.90. The van der Waals surface area contributed by atoms with Crippen molar-refractivity contribution < 1.29 is 5.11 Å². The normalized spacial score (nSPS) is 13.4. The maximum Gasteiger partial charge on any atom is 0.0552 e. The van der Waals surface area contributed by atoms with Crippen molar-refractivity contribution in [2.75, 3.05) is 0 Å². The Hall–Kier alpha value is -0.570. The number of halogens is 1. The summed E-state index contributed by atoms with van der Waals surface area (Å²) in [5.41, 5.74) is 1.14. The Kier molecular flexibility index (Phi) is 2.77. The van der Waals surface area contributed by atoms with E-state index < -0.39 is 0 Å². The summed E-state index contributed by atoms with van der Waals surface area (Å²) in [4.78, 5) is 0. The Morgan fingerprint density at radius 1 is 1.50 bits per heavy atom. The van der Waals surface area contributed by atoms with E-state index in [0.717, 1.165) is 16.0 Å². The van der Waals surface area contributed by atoms with Crippen molar-refractivity contribution in [1.82, 2.24) is 0 Å². The van der Waals surface area contributed by atoms with E-state index in [1.54, 1.807) is 18.3 Å². The molecule has 0 aliphatic heterocycles. The number of aliphatic hydroxyl groups excluding tert-OH is 1. The first-order valence-corrected chi connectivity index (χ1v) is 5.77. The van der Waals surface area contributed by atoms with E-state index in [-0.39, 0.29) is 6.10 Å². The molecule has 2 aromatic rings. The maximum absolute atomic E-state index is 9.34. The first-order chi connectivity index (χ1) is 6.68. The van der Waals surface area contributed by atoms with Crippen LogP contribution < -0.4 is 0 Å². The fraction of sp³-hybridized carbons (Fsp3) is 0.273. The SMILES string of the molecule is CC(O)Cc1csc2cccc(Cl)c12. The van der Waals surface area contributed by atoms with Gasteiger partial charge in [0.25, 0.3) is 0 Å². The van der Waals surface area contributed by atoms with Crippen molar-refractivity contribution in [3.05, 3.63) is 34.2 Å². The van der Waals surface area contributed by atoms with Gasteiger partial charge in [0, 0.05) is 15.1 Å². The molecule has 1 aromatic carbocycles. The average Bonchev–Trinajstić information content (AvgIpc) is 2.49. The number of thiophene rings is 1. The summed E-state index contributed by atoms with van der Waals surface area (Å²) in [7, 11) is 0. The zero-order valence-electron chi connectivity index (χ0n) is 7.83. The first-order valence-electron chi connectivity index (χ1n) is 4.51. The van der Waals surface area contributed by atoms with Gasteiger partial charge in [-0.3, -0.25) is 0 Å². The van der Waals surface area contributed by atoms with Crippen LogP contribution in [-0.2, 0) is 6.42 Å². The van der Waals surface area contributed by atoms with Crippen LogP contribution in [0.1, 0.15) is 12.5 Å². The Bertz CT molecular complexity index is 447. The van der Waals surface area contributed by atoms with Gasteiger partial charge in [-0.1, -0.05) is 17.7 Å². The molecule has 0 fully saturated rings. The Labute approximate surface area is 91.9 Å². The lowest BCUT2D eigenvalue weighted by molar-refractivity contribution is 0.196. The summed E-state index contributed by atoms with van der Waals surface area (Å²) >= 11 is 7.79. The monoisotopic (exact) mass is 226 g/mol. The van der Waals surface area contributed by atoms with Crippen molar-refractivity contribution >= 4 is 33.0 Å². The largest absolute Gasteiger partial charge is 0.393 e. The molecule has 2 rings (SSSR count). The summed E-state index contributed by atoms with van der Waals surface area (Å²) in [6.45, 7) is 1.79. The van der Waals surface area contributed by atoms with Crippen molar-refractivity contribution in [3.8, 4) is 0 Å². The van der Waals surface area contributed by atoms with Crippen molar-refractivity contribution in [3.63, 3.8) is 0 Å². The Morgan fingerprint density at radius 3 is 3.00 bits per heavy atom. The van der Waals surface area contributed by atoms with E-state index in [1.165, 1.54) is 4.70 Å². The lowest BCUT2D eigenvalue weighted by atomic mass is 10.1. The van der Waals surface area contributed by atoms with E-state index in [4.69, 9.17) is 11.6 Å². The van der Waals surface area contributed by atoms with Crippen LogP contribution in [0.15, 0.2) is 23.6 Å². The highest BCUT2D eigenvalue weighted by atomic mass is 35.5. The number of benzene rings is 1. The van der Waals surface area contributed by atoms with Gasteiger partial charge < -0.3 is 5.11 Å². The van der Waals surface area contributed by atoms with E-state index in [1.807, 2.05) is 12.1 Å². The van der Waals surface area contributed by atoms with Gasteiger partial charge in [0.05, 0.1) is 6.10 Å². The van der Waals surface area contributed by atoms with Crippen LogP contribution in [0.25, 0.3) is 10.1 Å². The maximum atomic E-state index is 9.34. The fourth-order valence-corrected chi connectivity index (χ4v) is 2.93. The van der Waals surface area contributed by atoms with Gasteiger partial charge in [0.1, 0.15) is 0 Å². The van der Waals surface area contributed by atoms with E-state index >= 15 is 0 Å². The molecule has 1 atom stereocenters. The van der Waals surface area contributed by atoms with Crippen LogP contribution in [0.4, 0.5) is 0 Å². The van der Waals surface area contributed by atoms with E-state index in [0.29, 0.717) is 6.42 Å². The molecule has 14 heavy (non-hydrogen) atoms. The van der Waals surface area contributed by atoms with Crippen LogP contribution in [0.2, 0.25) is 5.02 Å². The molecule has 0 aliphatic carbocycles. The number of fused-ring (bicyclic) bond motifs is 1. The van der Waals surface area contributed by atoms with Crippen LogP contribution in [0.5, 0.6) is 0 Å². The molecule has 0 amide bonds. The third-order valence-electron chi connectivity index (χ3n) is 2.14. The summed E-state index contributed by atoms with van der Waals surface area (Å²) in [6.07, 6.45) is 0.355. The van der Waals surface area contributed by atoms with Gasteiger partial charge in [-0.05, 0) is 36.4 Å². The minimum Gasteiger partial charge on any atom is -0.393 e. The molecule has 0 radical (unpaired) electrons. The number of hydrogen-bond donors (Lipinski definition) is 1. The van der Waals surface area contributed by atoms with Gasteiger partial charge >= 0.3 is 0 Å². The molecule has 74 valence electrons. The molecule has 0 saturated carbocycles. The smallest absolute Gasteiger partial charge is 0.0552 e. The highest BCUT2D eigenvalue weighted by Crippen LogP contribution is 2.32. The van der Waals surface area contributed by atoms with Crippen molar-refractivity contribution in [1.29, 1.82) is 0 Å².